The third-order valence-corrected chi connectivity index (χ3v) is 3.92. The van der Waals surface area contributed by atoms with Gasteiger partial charge in [-0.2, -0.15) is 0 Å². The monoisotopic (exact) mass is 286 g/mol. The Morgan fingerprint density at radius 1 is 1.43 bits per heavy atom. The molecule has 1 unspecified atom stereocenters. The molecule has 1 N–H and O–H groups in total. The van der Waals surface area contributed by atoms with Crippen LogP contribution in [0.2, 0.25) is 0 Å². The highest BCUT2D eigenvalue weighted by Crippen LogP contribution is 2.32. The normalized spacial score (nSPS) is 17.5. The first-order valence-electron chi connectivity index (χ1n) is 7.60. The molecule has 1 heterocycles. The van der Waals surface area contributed by atoms with Crippen molar-refractivity contribution in [3.05, 3.63) is 41.2 Å². The van der Waals surface area contributed by atoms with Gasteiger partial charge in [0.25, 0.3) is 0 Å². The SMILES string of the molecule is CCNC1CCCc2ccc(OCc3cn(C)nn3)cc21. The van der Waals surface area contributed by atoms with E-state index in [0.29, 0.717) is 12.6 Å². The maximum atomic E-state index is 5.85. The Balaban J connectivity index is 1.73. The molecule has 0 amide bonds. The molecule has 1 aromatic carbocycles. The smallest absolute Gasteiger partial charge is 0.134 e. The molecular weight excluding hydrogens is 264 g/mol. The van der Waals surface area contributed by atoms with Gasteiger partial charge < -0.3 is 10.1 Å². The van der Waals surface area contributed by atoms with E-state index in [0.717, 1.165) is 18.0 Å². The molecule has 112 valence electrons. The minimum absolute atomic E-state index is 0.457. The van der Waals surface area contributed by atoms with E-state index in [4.69, 9.17) is 4.74 Å². The summed E-state index contributed by atoms with van der Waals surface area (Å²) in [4.78, 5) is 0. The number of benzene rings is 1. The van der Waals surface area contributed by atoms with Crippen LogP contribution in [0.15, 0.2) is 24.4 Å². The van der Waals surface area contributed by atoms with Crippen LogP contribution >= 0.6 is 0 Å². The summed E-state index contributed by atoms with van der Waals surface area (Å²) in [5, 5.41) is 11.5. The summed E-state index contributed by atoms with van der Waals surface area (Å²) in [6.45, 7) is 3.61. The molecule has 0 bridgehead atoms. The molecule has 0 fully saturated rings. The molecule has 0 spiro atoms. The highest BCUT2D eigenvalue weighted by molar-refractivity contribution is 5.39. The van der Waals surface area contributed by atoms with Gasteiger partial charge in [-0.05, 0) is 49.1 Å². The lowest BCUT2D eigenvalue weighted by atomic mass is 9.87. The first-order chi connectivity index (χ1) is 10.3. The summed E-state index contributed by atoms with van der Waals surface area (Å²) in [5.41, 5.74) is 3.68. The summed E-state index contributed by atoms with van der Waals surface area (Å²) >= 11 is 0. The summed E-state index contributed by atoms with van der Waals surface area (Å²) < 4.78 is 7.54. The first-order valence-corrected chi connectivity index (χ1v) is 7.60. The van der Waals surface area contributed by atoms with Gasteiger partial charge in [0.2, 0.25) is 0 Å². The highest BCUT2D eigenvalue weighted by Gasteiger charge is 2.19. The van der Waals surface area contributed by atoms with E-state index < -0.39 is 0 Å². The Morgan fingerprint density at radius 3 is 3.10 bits per heavy atom. The van der Waals surface area contributed by atoms with Crippen LogP contribution in [0.3, 0.4) is 0 Å². The zero-order valence-corrected chi connectivity index (χ0v) is 12.7. The van der Waals surface area contributed by atoms with Gasteiger partial charge in [0.05, 0.1) is 6.20 Å². The molecular formula is C16H22N4O. The minimum atomic E-state index is 0.457. The van der Waals surface area contributed by atoms with Gasteiger partial charge in [0.1, 0.15) is 18.1 Å². The summed E-state index contributed by atoms with van der Waals surface area (Å²) in [6, 6.07) is 6.89. The maximum Gasteiger partial charge on any atom is 0.134 e. The first kappa shape index (κ1) is 14.1. The standard InChI is InChI=1S/C16H22N4O/c1-3-17-16-6-4-5-12-7-8-14(9-15(12)16)21-11-13-10-20(2)19-18-13/h7-10,16-17H,3-6,11H2,1-2H3. The van der Waals surface area contributed by atoms with Crippen molar-refractivity contribution in [3.8, 4) is 5.75 Å². The van der Waals surface area contributed by atoms with E-state index >= 15 is 0 Å². The van der Waals surface area contributed by atoms with Gasteiger partial charge in [-0.1, -0.05) is 18.2 Å². The predicted molar refractivity (Wildman–Crippen MR) is 81.1 cm³/mol. The molecule has 5 nitrogen and oxygen atoms in total. The van der Waals surface area contributed by atoms with Crippen molar-refractivity contribution in [3.63, 3.8) is 0 Å². The highest BCUT2D eigenvalue weighted by atomic mass is 16.5. The van der Waals surface area contributed by atoms with E-state index in [1.807, 2.05) is 13.2 Å². The zero-order valence-electron chi connectivity index (χ0n) is 12.7. The van der Waals surface area contributed by atoms with Gasteiger partial charge in [0, 0.05) is 13.1 Å². The number of hydrogen-bond acceptors (Lipinski definition) is 4. The molecule has 5 heteroatoms. The third-order valence-electron chi connectivity index (χ3n) is 3.92. The molecule has 0 aliphatic heterocycles. The molecule has 1 aliphatic rings. The number of nitrogens with zero attached hydrogens (tertiary/aromatic N) is 3. The maximum absolute atomic E-state index is 5.85. The largest absolute Gasteiger partial charge is 0.487 e. The quantitative estimate of drug-likeness (QED) is 0.917. The molecule has 21 heavy (non-hydrogen) atoms. The number of hydrogen-bond donors (Lipinski definition) is 1. The Morgan fingerprint density at radius 2 is 2.33 bits per heavy atom. The van der Waals surface area contributed by atoms with Crippen molar-refractivity contribution in [2.24, 2.45) is 7.05 Å². The summed E-state index contributed by atoms with van der Waals surface area (Å²) in [7, 11) is 1.86. The fraction of sp³-hybridized carbons (Fsp3) is 0.500. The Labute approximate surface area is 125 Å². The van der Waals surface area contributed by atoms with Crippen molar-refractivity contribution in [2.75, 3.05) is 6.54 Å². The third kappa shape index (κ3) is 3.24. The molecule has 2 aromatic rings. The Bertz CT molecular complexity index is 608. The number of nitrogens with one attached hydrogen (secondary N) is 1. The van der Waals surface area contributed by atoms with Crippen LogP contribution in [0.1, 0.15) is 42.6 Å². The summed E-state index contributed by atoms with van der Waals surface area (Å²) in [5.74, 6) is 0.907. The zero-order chi connectivity index (χ0) is 14.7. The van der Waals surface area contributed by atoms with Gasteiger partial charge in [-0.25, -0.2) is 0 Å². The second kappa shape index (κ2) is 6.26. The number of ether oxygens (including phenoxy) is 1. The minimum Gasteiger partial charge on any atom is -0.487 e. The Kier molecular flexibility index (Phi) is 4.20. The second-order valence-electron chi connectivity index (χ2n) is 5.54. The van der Waals surface area contributed by atoms with E-state index in [2.05, 4.69) is 40.8 Å². The second-order valence-corrected chi connectivity index (χ2v) is 5.54. The van der Waals surface area contributed by atoms with Crippen LogP contribution in [0.4, 0.5) is 0 Å². The molecule has 1 atom stereocenters. The topological polar surface area (TPSA) is 52.0 Å². The van der Waals surface area contributed by atoms with Gasteiger partial charge in [-0.15, -0.1) is 5.10 Å². The number of fused-ring (bicyclic) bond motifs is 1. The Hall–Kier alpha value is -1.88. The van der Waals surface area contributed by atoms with Crippen LogP contribution < -0.4 is 10.1 Å². The number of rotatable bonds is 5. The van der Waals surface area contributed by atoms with Gasteiger partial charge in [0.15, 0.2) is 0 Å². The van der Waals surface area contributed by atoms with E-state index in [-0.39, 0.29) is 0 Å². The van der Waals surface area contributed by atoms with Crippen molar-refractivity contribution in [2.45, 2.75) is 38.8 Å². The predicted octanol–water partition coefficient (Wildman–Crippen LogP) is 2.38. The van der Waals surface area contributed by atoms with Crippen LogP contribution in [0.5, 0.6) is 5.75 Å². The van der Waals surface area contributed by atoms with Crippen LogP contribution in [-0.2, 0) is 20.1 Å². The van der Waals surface area contributed by atoms with E-state index in [1.54, 1.807) is 4.68 Å². The van der Waals surface area contributed by atoms with E-state index in [1.165, 1.54) is 30.4 Å². The van der Waals surface area contributed by atoms with E-state index in [9.17, 15) is 0 Å². The average Bonchev–Trinajstić information content (AvgIpc) is 2.91. The lowest BCUT2D eigenvalue weighted by Gasteiger charge is -2.26. The van der Waals surface area contributed by atoms with Crippen molar-refractivity contribution < 1.29 is 4.74 Å². The molecule has 0 saturated carbocycles. The van der Waals surface area contributed by atoms with Crippen LogP contribution in [0.25, 0.3) is 0 Å². The fourth-order valence-corrected chi connectivity index (χ4v) is 2.94. The van der Waals surface area contributed by atoms with Crippen LogP contribution in [-0.4, -0.2) is 21.5 Å². The summed E-state index contributed by atoms with van der Waals surface area (Å²) in [6.07, 6.45) is 5.50. The molecule has 1 aromatic heterocycles. The average molecular weight is 286 g/mol. The number of aromatic nitrogens is 3. The van der Waals surface area contributed by atoms with Crippen molar-refractivity contribution in [1.29, 1.82) is 0 Å². The molecule has 1 aliphatic carbocycles. The van der Waals surface area contributed by atoms with Crippen molar-refractivity contribution in [1.82, 2.24) is 20.3 Å². The van der Waals surface area contributed by atoms with Crippen molar-refractivity contribution >= 4 is 0 Å². The lowest BCUT2D eigenvalue weighted by Crippen LogP contribution is -2.24. The lowest BCUT2D eigenvalue weighted by molar-refractivity contribution is 0.300. The molecule has 0 radical (unpaired) electrons. The van der Waals surface area contributed by atoms with Gasteiger partial charge >= 0.3 is 0 Å². The fourth-order valence-electron chi connectivity index (χ4n) is 2.94. The van der Waals surface area contributed by atoms with Crippen LogP contribution in [0, 0.1) is 0 Å². The van der Waals surface area contributed by atoms with Gasteiger partial charge in [-0.3, -0.25) is 4.68 Å². The molecule has 3 rings (SSSR count). The number of aryl methyl sites for hydroxylation is 2. The molecule has 0 saturated heterocycles.